The minimum atomic E-state index is 0.771. The zero-order valence-corrected chi connectivity index (χ0v) is 12.4. The van der Waals surface area contributed by atoms with Crippen molar-refractivity contribution in [2.75, 3.05) is 11.9 Å². The van der Waals surface area contributed by atoms with Crippen LogP contribution in [0.3, 0.4) is 0 Å². The Hall–Kier alpha value is -2.42. The molecule has 0 spiro atoms. The lowest BCUT2D eigenvalue weighted by molar-refractivity contribution is 0.970. The predicted octanol–water partition coefficient (Wildman–Crippen LogP) is 4.43. The van der Waals surface area contributed by atoms with Crippen molar-refractivity contribution in [3.63, 3.8) is 0 Å². The molecule has 0 aliphatic heterocycles. The molecule has 0 saturated carbocycles. The number of anilines is 1. The molecule has 0 aliphatic carbocycles. The molecule has 3 nitrogen and oxygen atoms in total. The fraction of sp³-hybridized carbons (Fsp3) is 0.222. The summed E-state index contributed by atoms with van der Waals surface area (Å²) >= 11 is 0. The van der Waals surface area contributed by atoms with Crippen molar-refractivity contribution < 1.29 is 0 Å². The second-order valence-electron chi connectivity index (χ2n) is 5.21. The van der Waals surface area contributed by atoms with Crippen LogP contribution in [0.1, 0.15) is 18.9 Å². The molecule has 2 aromatic carbocycles. The third-order valence-corrected chi connectivity index (χ3v) is 3.46. The van der Waals surface area contributed by atoms with Crippen LogP contribution in [0.5, 0.6) is 0 Å². The lowest BCUT2D eigenvalue weighted by Gasteiger charge is -2.10. The molecule has 0 fully saturated rings. The van der Waals surface area contributed by atoms with E-state index >= 15 is 0 Å². The molecule has 0 radical (unpaired) electrons. The Morgan fingerprint density at radius 1 is 0.952 bits per heavy atom. The maximum absolute atomic E-state index is 4.72. The van der Waals surface area contributed by atoms with E-state index in [4.69, 9.17) is 9.97 Å². The predicted molar refractivity (Wildman–Crippen MR) is 88.5 cm³/mol. The molecule has 0 aliphatic rings. The average Bonchev–Trinajstić information content (AvgIpc) is 2.53. The number of hydrogen-bond donors (Lipinski definition) is 1. The molecule has 3 rings (SSSR count). The maximum Gasteiger partial charge on any atom is 0.162 e. The van der Waals surface area contributed by atoms with Crippen LogP contribution in [-0.4, -0.2) is 16.5 Å². The van der Waals surface area contributed by atoms with Gasteiger partial charge in [-0.15, -0.1) is 0 Å². The van der Waals surface area contributed by atoms with Crippen LogP contribution in [-0.2, 0) is 0 Å². The number of rotatable bonds is 4. The molecule has 1 N–H and O–H groups in total. The summed E-state index contributed by atoms with van der Waals surface area (Å²) in [4.78, 5) is 9.41. The van der Waals surface area contributed by atoms with E-state index in [1.54, 1.807) is 0 Å². The molecule has 1 aromatic heterocycles. The molecule has 3 heteroatoms. The second kappa shape index (κ2) is 5.92. The molecular formula is C18H19N3. The third-order valence-electron chi connectivity index (χ3n) is 3.46. The Morgan fingerprint density at radius 2 is 1.71 bits per heavy atom. The van der Waals surface area contributed by atoms with Crippen LogP contribution >= 0.6 is 0 Å². The van der Waals surface area contributed by atoms with Crippen molar-refractivity contribution in [2.24, 2.45) is 0 Å². The highest BCUT2D eigenvalue weighted by atomic mass is 15.0. The van der Waals surface area contributed by atoms with Crippen LogP contribution < -0.4 is 5.32 Å². The van der Waals surface area contributed by atoms with Gasteiger partial charge in [-0.1, -0.05) is 48.9 Å². The van der Waals surface area contributed by atoms with Crippen molar-refractivity contribution in [1.29, 1.82) is 0 Å². The first-order valence-corrected chi connectivity index (χ1v) is 7.35. The highest BCUT2D eigenvalue weighted by Gasteiger charge is 2.08. The number of nitrogens with one attached hydrogen (secondary N) is 1. The molecule has 21 heavy (non-hydrogen) atoms. The van der Waals surface area contributed by atoms with Crippen molar-refractivity contribution in [3.05, 3.63) is 54.1 Å². The van der Waals surface area contributed by atoms with Gasteiger partial charge in [0.25, 0.3) is 0 Å². The van der Waals surface area contributed by atoms with Gasteiger partial charge in [-0.25, -0.2) is 9.97 Å². The number of fused-ring (bicyclic) bond motifs is 1. The number of para-hydroxylation sites is 1. The number of hydrogen-bond acceptors (Lipinski definition) is 3. The van der Waals surface area contributed by atoms with E-state index in [1.807, 2.05) is 18.2 Å². The Labute approximate surface area is 125 Å². The van der Waals surface area contributed by atoms with Crippen LogP contribution in [0.25, 0.3) is 22.3 Å². The molecule has 1 heterocycles. The summed E-state index contributed by atoms with van der Waals surface area (Å²) in [5.41, 5.74) is 3.26. The van der Waals surface area contributed by atoms with Gasteiger partial charge in [0, 0.05) is 17.5 Å². The van der Waals surface area contributed by atoms with E-state index in [9.17, 15) is 0 Å². The number of nitrogens with zero attached hydrogens (tertiary/aromatic N) is 2. The van der Waals surface area contributed by atoms with E-state index in [0.29, 0.717) is 0 Å². The van der Waals surface area contributed by atoms with Crippen LogP contribution in [0.2, 0.25) is 0 Å². The number of aromatic nitrogens is 2. The van der Waals surface area contributed by atoms with Crippen molar-refractivity contribution in [1.82, 2.24) is 9.97 Å². The maximum atomic E-state index is 4.72. The fourth-order valence-electron chi connectivity index (χ4n) is 2.29. The summed E-state index contributed by atoms with van der Waals surface area (Å²) in [7, 11) is 0. The topological polar surface area (TPSA) is 37.8 Å². The standard InChI is InChI=1S/C18H19N3/c1-3-12-19-18-15-6-4-5-7-16(15)20-17(21-18)14-10-8-13(2)9-11-14/h4-11H,3,12H2,1-2H3,(H,19,20,21). The number of aryl methyl sites for hydroxylation is 1. The van der Waals surface area contributed by atoms with Gasteiger partial charge in [0.2, 0.25) is 0 Å². The van der Waals surface area contributed by atoms with E-state index in [2.05, 4.69) is 49.5 Å². The molecular weight excluding hydrogens is 258 g/mol. The van der Waals surface area contributed by atoms with E-state index in [-0.39, 0.29) is 0 Å². The Morgan fingerprint density at radius 3 is 2.48 bits per heavy atom. The zero-order valence-electron chi connectivity index (χ0n) is 12.4. The Balaban J connectivity index is 2.12. The quantitative estimate of drug-likeness (QED) is 0.766. The summed E-state index contributed by atoms with van der Waals surface area (Å²) in [6, 6.07) is 16.5. The van der Waals surface area contributed by atoms with Crippen LogP contribution in [0, 0.1) is 6.92 Å². The zero-order chi connectivity index (χ0) is 14.7. The summed E-state index contributed by atoms with van der Waals surface area (Å²) in [6.07, 6.45) is 1.07. The molecule has 0 bridgehead atoms. The monoisotopic (exact) mass is 277 g/mol. The number of benzene rings is 2. The van der Waals surface area contributed by atoms with Gasteiger partial charge in [0.05, 0.1) is 5.52 Å². The lowest BCUT2D eigenvalue weighted by Crippen LogP contribution is -2.04. The van der Waals surface area contributed by atoms with Crippen molar-refractivity contribution in [2.45, 2.75) is 20.3 Å². The minimum Gasteiger partial charge on any atom is -0.369 e. The minimum absolute atomic E-state index is 0.771. The average molecular weight is 277 g/mol. The molecule has 0 amide bonds. The SMILES string of the molecule is CCCNc1nc(-c2ccc(C)cc2)nc2ccccc12. The van der Waals surface area contributed by atoms with Crippen LogP contribution in [0.15, 0.2) is 48.5 Å². The van der Waals surface area contributed by atoms with E-state index in [1.165, 1.54) is 5.56 Å². The van der Waals surface area contributed by atoms with Gasteiger partial charge in [0.1, 0.15) is 5.82 Å². The first-order valence-electron chi connectivity index (χ1n) is 7.35. The lowest BCUT2D eigenvalue weighted by atomic mass is 10.1. The summed E-state index contributed by atoms with van der Waals surface area (Å²) in [5, 5.41) is 4.48. The van der Waals surface area contributed by atoms with Gasteiger partial charge >= 0.3 is 0 Å². The first-order chi connectivity index (χ1) is 10.3. The van der Waals surface area contributed by atoms with Gasteiger partial charge in [-0.3, -0.25) is 0 Å². The highest BCUT2D eigenvalue weighted by molar-refractivity contribution is 5.90. The smallest absolute Gasteiger partial charge is 0.162 e. The van der Waals surface area contributed by atoms with Gasteiger partial charge < -0.3 is 5.32 Å². The fourth-order valence-corrected chi connectivity index (χ4v) is 2.29. The Kier molecular flexibility index (Phi) is 3.82. The third kappa shape index (κ3) is 2.87. The van der Waals surface area contributed by atoms with E-state index in [0.717, 1.165) is 41.1 Å². The van der Waals surface area contributed by atoms with Gasteiger partial charge in [-0.05, 0) is 25.5 Å². The second-order valence-corrected chi connectivity index (χ2v) is 5.21. The van der Waals surface area contributed by atoms with Crippen molar-refractivity contribution in [3.8, 4) is 11.4 Å². The largest absolute Gasteiger partial charge is 0.369 e. The van der Waals surface area contributed by atoms with Gasteiger partial charge in [0.15, 0.2) is 5.82 Å². The molecule has 0 unspecified atom stereocenters. The summed E-state index contributed by atoms with van der Waals surface area (Å²) in [6.45, 7) is 5.14. The molecule has 0 atom stereocenters. The first kappa shape index (κ1) is 13.6. The van der Waals surface area contributed by atoms with E-state index < -0.39 is 0 Å². The van der Waals surface area contributed by atoms with Crippen molar-refractivity contribution >= 4 is 16.7 Å². The van der Waals surface area contributed by atoms with Crippen LogP contribution in [0.4, 0.5) is 5.82 Å². The Bertz CT molecular complexity index is 748. The summed E-state index contributed by atoms with van der Waals surface area (Å²) < 4.78 is 0. The molecule has 106 valence electrons. The molecule has 0 saturated heterocycles. The normalized spacial score (nSPS) is 10.8. The highest BCUT2D eigenvalue weighted by Crippen LogP contribution is 2.25. The van der Waals surface area contributed by atoms with Gasteiger partial charge in [-0.2, -0.15) is 0 Å². The molecule has 3 aromatic rings. The summed E-state index contributed by atoms with van der Waals surface area (Å²) in [5.74, 6) is 1.69.